The van der Waals surface area contributed by atoms with Crippen molar-refractivity contribution in [3.05, 3.63) is 114 Å². The lowest BCUT2D eigenvalue weighted by Crippen LogP contribution is -2.12. The van der Waals surface area contributed by atoms with Gasteiger partial charge in [0.05, 0.1) is 6.08 Å². The Kier molecular flexibility index (Phi) is 6.30. The minimum atomic E-state index is -0.578. The third-order valence-electron chi connectivity index (χ3n) is 5.93. The lowest BCUT2D eigenvalue weighted by atomic mass is 9.96. The average Bonchev–Trinajstić information content (AvgIpc) is 3.62. The second-order valence-electron chi connectivity index (χ2n) is 8.35. The third kappa shape index (κ3) is 4.80. The number of rotatable bonds is 8. The highest BCUT2D eigenvalue weighted by atomic mass is 16.6. The van der Waals surface area contributed by atoms with Gasteiger partial charge in [0, 0.05) is 6.42 Å². The summed E-state index contributed by atoms with van der Waals surface area (Å²) in [6.07, 6.45) is 9.04. The van der Waals surface area contributed by atoms with E-state index in [0.717, 1.165) is 59.1 Å². The Balaban J connectivity index is 1.47. The molecule has 1 unspecified atom stereocenters. The van der Waals surface area contributed by atoms with Crippen LogP contribution in [0.25, 0.3) is 17.2 Å². The highest BCUT2D eigenvalue weighted by Crippen LogP contribution is 2.32. The van der Waals surface area contributed by atoms with Gasteiger partial charge in [0.25, 0.3) is 0 Å². The van der Waals surface area contributed by atoms with Crippen LogP contribution in [0.1, 0.15) is 48.5 Å². The first-order valence-corrected chi connectivity index (χ1v) is 11.6. The number of unbranched alkanes of at least 4 members (excludes halogenated alkanes) is 1. The number of carbonyl (C=O) groups is 1. The van der Waals surface area contributed by atoms with Crippen LogP contribution in [0.5, 0.6) is 0 Å². The van der Waals surface area contributed by atoms with E-state index in [-0.39, 0.29) is 17.6 Å². The maximum absolute atomic E-state index is 11.5. The van der Waals surface area contributed by atoms with Crippen LogP contribution in [0.3, 0.4) is 0 Å². The summed E-state index contributed by atoms with van der Waals surface area (Å²) < 4.78 is 13.1. The van der Waals surface area contributed by atoms with Crippen molar-refractivity contribution < 1.29 is 19.1 Å². The fraction of sp³-hybridized carbons (Fsp3) is 0.179. The van der Waals surface area contributed by atoms with Gasteiger partial charge in [-0.05, 0) is 46.9 Å². The van der Waals surface area contributed by atoms with Crippen LogP contribution < -0.4 is 0 Å². The molecule has 2 aromatic heterocycles. The van der Waals surface area contributed by atoms with Gasteiger partial charge in [-0.15, -0.1) is 0 Å². The van der Waals surface area contributed by atoms with Gasteiger partial charge in [0.1, 0.15) is 30.2 Å². The maximum atomic E-state index is 11.5. The molecular weight excluding hydrogens is 442 g/mol. The number of aliphatic hydroxyl groups excluding tert-OH is 1. The normalized spacial score (nSPS) is 15.3. The second-order valence-corrected chi connectivity index (χ2v) is 8.35. The average molecular weight is 468 g/mol. The number of aryl methyl sites for hydroxylation is 1. The number of hydrogen-bond acceptors (Lipinski definition) is 6. The molecule has 0 amide bonds. The summed E-state index contributed by atoms with van der Waals surface area (Å²) in [5.41, 5.74) is 3.76. The molecule has 0 radical (unpaired) electrons. The number of carbonyl (C=O) groups excluding carboxylic acids is 1. The molecule has 1 aliphatic rings. The van der Waals surface area contributed by atoms with Crippen molar-refractivity contribution in [2.75, 3.05) is 0 Å². The molecular formula is C28H25N3O4. The molecule has 2 aromatic carbocycles. The van der Waals surface area contributed by atoms with Crippen LogP contribution in [0, 0.1) is 0 Å². The van der Waals surface area contributed by atoms with Crippen LogP contribution in [0.4, 0.5) is 0 Å². The van der Waals surface area contributed by atoms with E-state index in [9.17, 15) is 9.90 Å². The quantitative estimate of drug-likeness (QED) is 0.327. The lowest BCUT2D eigenvalue weighted by molar-refractivity contribution is -0.132. The summed E-state index contributed by atoms with van der Waals surface area (Å²) in [4.78, 5) is 15.6. The molecule has 0 aliphatic carbocycles. The Bertz CT molecular complexity index is 1380. The van der Waals surface area contributed by atoms with Crippen LogP contribution in [0.15, 0.2) is 95.3 Å². The smallest absolute Gasteiger partial charge is 0.340 e. The second kappa shape index (κ2) is 9.85. The Morgan fingerprint density at radius 1 is 1.09 bits per heavy atom. The Morgan fingerprint density at radius 2 is 1.91 bits per heavy atom. The molecule has 0 fully saturated rings. The number of aliphatic hydroxyl groups is 1. The van der Waals surface area contributed by atoms with Crippen molar-refractivity contribution in [2.24, 2.45) is 0 Å². The molecule has 0 saturated heterocycles. The van der Waals surface area contributed by atoms with E-state index in [0.29, 0.717) is 0 Å². The number of cyclic esters (lactones) is 1. The van der Waals surface area contributed by atoms with Gasteiger partial charge in [-0.3, -0.25) is 0 Å². The molecule has 1 aliphatic heterocycles. The molecule has 1 N–H and O–H groups in total. The molecule has 176 valence electrons. The number of furan rings is 1. The SMILES string of the molecule is CCCCc1ccc(C(c2ccc(-c3ccccc3/C=C3\OC(=O)C=C3O)cc2)n2cncn2)o1. The van der Waals surface area contributed by atoms with E-state index < -0.39 is 5.97 Å². The zero-order valence-corrected chi connectivity index (χ0v) is 19.3. The van der Waals surface area contributed by atoms with Gasteiger partial charge in [-0.1, -0.05) is 61.9 Å². The summed E-state index contributed by atoms with van der Waals surface area (Å²) in [5, 5.41) is 14.3. The molecule has 1 atom stereocenters. The first-order valence-electron chi connectivity index (χ1n) is 11.6. The molecule has 0 bridgehead atoms. The first-order chi connectivity index (χ1) is 17.1. The summed E-state index contributed by atoms with van der Waals surface area (Å²) in [6, 6.07) is 19.7. The number of nitrogens with zero attached hydrogens (tertiary/aromatic N) is 3. The summed E-state index contributed by atoms with van der Waals surface area (Å²) >= 11 is 0. The molecule has 7 heteroatoms. The fourth-order valence-electron chi connectivity index (χ4n) is 4.17. The molecule has 4 aromatic rings. The molecule has 3 heterocycles. The Hall–Kier alpha value is -4.39. The zero-order valence-electron chi connectivity index (χ0n) is 19.3. The first kappa shape index (κ1) is 22.4. The fourth-order valence-corrected chi connectivity index (χ4v) is 4.17. The van der Waals surface area contributed by atoms with Gasteiger partial charge in [0.2, 0.25) is 0 Å². The third-order valence-corrected chi connectivity index (χ3v) is 5.93. The van der Waals surface area contributed by atoms with Crippen molar-refractivity contribution in [1.29, 1.82) is 0 Å². The number of esters is 1. The summed E-state index contributed by atoms with van der Waals surface area (Å²) in [7, 11) is 0. The van der Waals surface area contributed by atoms with Gasteiger partial charge in [-0.25, -0.2) is 14.5 Å². The van der Waals surface area contributed by atoms with E-state index >= 15 is 0 Å². The molecule has 5 rings (SSSR count). The van der Waals surface area contributed by atoms with Crippen LogP contribution in [0.2, 0.25) is 0 Å². The monoisotopic (exact) mass is 467 g/mol. The van der Waals surface area contributed by atoms with Crippen LogP contribution in [-0.4, -0.2) is 25.8 Å². The van der Waals surface area contributed by atoms with Crippen molar-refractivity contribution >= 4 is 12.0 Å². The Labute approximate surface area is 203 Å². The van der Waals surface area contributed by atoms with E-state index in [4.69, 9.17) is 9.15 Å². The highest BCUT2D eigenvalue weighted by molar-refractivity contribution is 5.89. The van der Waals surface area contributed by atoms with Gasteiger partial charge in [0.15, 0.2) is 11.5 Å². The topological polar surface area (TPSA) is 90.4 Å². The molecule has 7 nitrogen and oxygen atoms in total. The minimum Gasteiger partial charge on any atom is -0.504 e. The van der Waals surface area contributed by atoms with Crippen molar-refractivity contribution in [3.63, 3.8) is 0 Å². The predicted octanol–water partition coefficient (Wildman–Crippen LogP) is 5.86. The molecule has 0 saturated carbocycles. The number of ether oxygens (including phenoxy) is 1. The standard InChI is InChI=1S/C28H25N3O4/c1-2-3-7-22-13-14-25(34-22)28(31-18-29-17-30-31)20-11-9-19(10-12-20)23-8-5-4-6-21(23)15-26-24(32)16-27(33)35-26/h4-6,8-18,28,32H,2-3,7H2,1H3/b26-15-. The predicted molar refractivity (Wildman–Crippen MR) is 131 cm³/mol. The zero-order chi connectivity index (χ0) is 24.2. The van der Waals surface area contributed by atoms with Crippen molar-refractivity contribution in [2.45, 2.75) is 32.2 Å². The van der Waals surface area contributed by atoms with Crippen LogP contribution >= 0.6 is 0 Å². The van der Waals surface area contributed by atoms with Crippen molar-refractivity contribution in [3.8, 4) is 11.1 Å². The highest BCUT2D eigenvalue weighted by Gasteiger charge is 2.22. The summed E-state index contributed by atoms with van der Waals surface area (Å²) in [5.74, 6) is 1.17. The lowest BCUT2D eigenvalue weighted by Gasteiger charge is -2.16. The maximum Gasteiger partial charge on any atom is 0.340 e. The molecule has 0 spiro atoms. The van der Waals surface area contributed by atoms with Gasteiger partial charge >= 0.3 is 5.97 Å². The van der Waals surface area contributed by atoms with E-state index in [1.807, 2.05) is 60.7 Å². The summed E-state index contributed by atoms with van der Waals surface area (Å²) in [6.45, 7) is 2.16. The number of aromatic nitrogens is 3. The van der Waals surface area contributed by atoms with Crippen LogP contribution in [-0.2, 0) is 16.0 Å². The van der Waals surface area contributed by atoms with E-state index in [2.05, 4.69) is 17.0 Å². The van der Waals surface area contributed by atoms with Gasteiger partial charge < -0.3 is 14.3 Å². The van der Waals surface area contributed by atoms with E-state index in [1.165, 1.54) is 6.33 Å². The number of hydrogen-bond donors (Lipinski definition) is 1. The van der Waals surface area contributed by atoms with Gasteiger partial charge in [-0.2, -0.15) is 5.10 Å². The Morgan fingerprint density at radius 3 is 2.63 bits per heavy atom. The molecule has 35 heavy (non-hydrogen) atoms. The minimum absolute atomic E-state index is 0.141. The largest absolute Gasteiger partial charge is 0.504 e. The van der Waals surface area contributed by atoms with Crippen molar-refractivity contribution in [1.82, 2.24) is 14.8 Å². The number of benzene rings is 2. The van der Waals surface area contributed by atoms with E-state index in [1.54, 1.807) is 17.1 Å².